The van der Waals surface area contributed by atoms with Gasteiger partial charge in [0.2, 0.25) is 5.91 Å². The van der Waals surface area contributed by atoms with Crippen molar-refractivity contribution in [1.29, 1.82) is 0 Å². The van der Waals surface area contributed by atoms with Gasteiger partial charge in [0.1, 0.15) is 5.60 Å². The Kier molecular flexibility index (Phi) is 5.76. The van der Waals surface area contributed by atoms with E-state index in [2.05, 4.69) is 4.90 Å². The molecule has 24 heavy (non-hydrogen) atoms. The maximum absolute atomic E-state index is 12.6. The summed E-state index contributed by atoms with van der Waals surface area (Å²) in [6.45, 7) is 4.20. The molecular formula is C18H25ClN2O3. The van der Waals surface area contributed by atoms with Gasteiger partial charge in [-0.3, -0.25) is 4.79 Å². The van der Waals surface area contributed by atoms with Gasteiger partial charge in [0.05, 0.1) is 26.2 Å². The van der Waals surface area contributed by atoms with Crippen molar-refractivity contribution in [2.75, 3.05) is 45.9 Å². The molecule has 1 atom stereocenters. The molecule has 3 rings (SSSR count). The number of hydrogen-bond donors (Lipinski definition) is 1. The molecule has 2 aliphatic rings. The molecule has 2 fully saturated rings. The van der Waals surface area contributed by atoms with E-state index < -0.39 is 5.60 Å². The summed E-state index contributed by atoms with van der Waals surface area (Å²) in [5.74, 6) is 0.0164. The van der Waals surface area contributed by atoms with Gasteiger partial charge in [-0.1, -0.05) is 23.7 Å². The van der Waals surface area contributed by atoms with Crippen molar-refractivity contribution in [2.24, 2.45) is 0 Å². The first-order valence-electron chi connectivity index (χ1n) is 8.59. The highest BCUT2D eigenvalue weighted by Gasteiger charge is 2.36. The molecule has 2 aliphatic heterocycles. The number of carbonyl (C=O) groups excluding carboxylic acids is 1. The molecule has 1 amide bonds. The SMILES string of the molecule is O=C(Cc1ccc(Cl)cc1)N1CCOCC(O)(CN2CCCC2)C1. The molecule has 0 bridgehead atoms. The number of β-amino-alcohol motifs (C(OH)–C–C–N with tert-alkyl or cyclic N) is 1. The second-order valence-corrected chi connectivity index (χ2v) is 7.32. The van der Waals surface area contributed by atoms with Crippen molar-refractivity contribution in [2.45, 2.75) is 24.9 Å². The molecule has 1 unspecified atom stereocenters. The second-order valence-electron chi connectivity index (χ2n) is 6.88. The van der Waals surface area contributed by atoms with Crippen LogP contribution >= 0.6 is 11.6 Å². The standard InChI is InChI=1S/C18H25ClN2O3/c19-16-5-3-15(4-6-16)11-17(22)21-9-10-24-14-18(23,13-21)12-20-7-1-2-8-20/h3-6,23H,1-2,7-14H2. The van der Waals surface area contributed by atoms with Crippen LogP contribution in [0.15, 0.2) is 24.3 Å². The zero-order chi connectivity index (χ0) is 17.0. The summed E-state index contributed by atoms with van der Waals surface area (Å²) in [6.07, 6.45) is 2.67. The summed E-state index contributed by atoms with van der Waals surface area (Å²) < 4.78 is 5.58. The van der Waals surface area contributed by atoms with Crippen LogP contribution in [0.3, 0.4) is 0 Å². The van der Waals surface area contributed by atoms with Crippen molar-refractivity contribution < 1.29 is 14.6 Å². The average Bonchev–Trinajstić information content (AvgIpc) is 2.97. The second kappa shape index (κ2) is 7.83. The predicted molar refractivity (Wildman–Crippen MR) is 93.2 cm³/mol. The van der Waals surface area contributed by atoms with Crippen LogP contribution in [0, 0.1) is 0 Å². The highest BCUT2D eigenvalue weighted by atomic mass is 35.5. The van der Waals surface area contributed by atoms with Crippen molar-refractivity contribution in [3.8, 4) is 0 Å². The van der Waals surface area contributed by atoms with Crippen LogP contribution in [-0.4, -0.2) is 72.4 Å². The minimum Gasteiger partial charge on any atom is -0.384 e. The van der Waals surface area contributed by atoms with E-state index in [4.69, 9.17) is 16.3 Å². The van der Waals surface area contributed by atoms with E-state index in [1.807, 2.05) is 12.1 Å². The number of halogens is 1. The van der Waals surface area contributed by atoms with Crippen molar-refractivity contribution >= 4 is 17.5 Å². The number of nitrogens with zero attached hydrogens (tertiary/aromatic N) is 2. The third-order valence-corrected chi connectivity index (χ3v) is 4.95. The van der Waals surface area contributed by atoms with Gasteiger partial charge in [0.15, 0.2) is 0 Å². The zero-order valence-corrected chi connectivity index (χ0v) is 14.7. The largest absolute Gasteiger partial charge is 0.384 e. The van der Waals surface area contributed by atoms with E-state index in [1.54, 1.807) is 17.0 Å². The number of amides is 1. The van der Waals surface area contributed by atoms with Crippen LogP contribution < -0.4 is 0 Å². The fraction of sp³-hybridized carbons (Fsp3) is 0.611. The lowest BCUT2D eigenvalue weighted by atomic mass is 10.0. The van der Waals surface area contributed by atoms with E-state index in [9.17, 15) is 9.90 Å². The van der Waals surface area contributed by atoms with Crippen LogP contribution in [0.1, 0.15) is 18.4 Å². The zero-order valence-electron chi connectivity index (χ0n) is 13.9. The monoisotopic (exact) mass is 352 g/mol. The smallest absolute Gasteiger partial charge is 0.227 e. The molecule has 0 saturated carbocycles. The molecule has 0 radical (unpaired) electrons. The molecular weight excluding hydrogens is 328 g/mol. The summed E-state index contributed by atoms with van der Waals surface area (Å²) in [4.78, 5) is 16.6. The number of likely N-dealkylation sites (tertiary alicyclic amines) is 1. The van der Waals surface area contributed by atoms with Crippen LogP contribution in [0.5, 0.6) is 0 Å². The Morgan fingerprint density at radius 3 is 2.62 bits per heavy atom. The highest BCUT2D eigenvalue weighted by molar-refractivity contribution is 6.30. The fourth-order valence-electron chi connectivity index (χ4n) is 3.47. The quantitative estimate of drug-likeness (QED) is 0.893. The molecule has 1 aromatic carbocycles. The summed E-state index contributed by atoms with van der Waals surface area (Å²) in [5.41, 5.74) is -0.0612. The van der Waals surface area contributed by atoms with Gasteiger partial charge in [0.25, 0.3) is 0 Å². The first kappa shape index (κ1) is 17.7. The van der Waals surface area contributed by atoms with Crippen molar-refractivity contribution in [1.82, 2.24) is 9.80 Å². The minimum atomic E-state index is -0.990. The lowest BCUT2D eigenvalue weighted by Gasteiger charge is -2.34. The van der Waals surface area contributed by atoms with Crippen LogP contribution in [-0.2, 0) is 16.0 Å². The summed E-state index contributed by atoms with van der Waals surface area (Å²) >= 11 is 5.89. The van der Waals surface area contributed by atoms with Crippen LogP contribution in [0.4, 0.5) is 0 Å². The summed E-state index contributed by atoms with van der Waals surface area (Å²) in [6, 6.07) is 7.31. The average molecular weight is 353 g/mol. The van der Waals surface area contributed by atoms with E-state index >= 15 is 0 Å². The maximum atomic E-state index is 12.6. The first-order valence-corrected chi connectivity index (χ1v) is 8.97. The molecule has 0 spiro atoms. The summed E-state index contributed by atoms with van der Waals surface area (Å²) in [7, 11) is 0. The Morgan fingerprint density at radius 1 is 1.21 bits per heavy atom. The van der Waals surface area contributed by atoms with Gasteiger partial charge in [-0.15, -0.1) is 0 Å². The van der Waals surface area contributed by atoms with Gasteiger partial charge in [-0.25, -0.2) is 0 Å². The van der Waals surface area contributed by atoms with Crippen LogP contribution in [0.25, 0.3) is 0 Å². The molecule has 5 nitrogen and oxygen atoms in total. The van der Waals surface area contributed by atoms with E-state index in [0.717, 1.165) is 18.7 Å². The molecule has 1 aromatic rings. The molecule has 0 aliphatic carbocycles. The predicted octanol–water partition coefficient (Wildman–Crippen LogP) is 1.57. The number of hydrogen-bond acceptors (Lipinski definition) is 4. The normalized spacial score (nSPS) is 25.7. The van der Waals surface area contributed by atoms with Gasteiger partial charge in [0, 0.05) is 18.1 Å². The van der Waals surface area contributed by atoms with Gasteiger partial charge in [-0.2, -0.15) is 0 Å². The molecule has 0 aromatic heterocycles. The van der Waals surface area contributed by atoms with Crippen molar-refractivity contribution in [3.05, 3.63) is 34.9 Å². The van der Waals surface area contributed by atoms with E-state index in [0.29, 0.717) is 37.7 Å². The third kappa shape index (κ3) is 4.70. The number of rotatable bonds is 4. The van der Waals surface area contributed by atoms with Crippen molar-refractivity contribution in [3.63, 3.8) is 0 Å². The van der Waals surface area contributed by atoms with E-state index in [-0.39, 0.29) is 12.5 Å². The number of ether oxygens (including phenoxy) is 1. The molecule has 1 N–H and O–H groups in total. The minimum absolute atomic E-state index is 0.0164. The summed E-state index contributed by atoms with van der Waals surface area (Å²) in [5, 5.41) is 11.6. The first-order chi connectivity index (χ1) is 11.5. The Labute approximate surface area is 148 Å². The Balaban J connectivity index is 1.62. The molecule has 2 saturated heterocycles. The lowest BCUT2D eigenvalue weighted by Crippen LogP contribution is -2.53. The Hall–Kier alpha value is -1.14. The van der Waals surface area contributed by atoms with E-state index in [1.165, 1.54) is 12.8 Å². The molecule has 2 heterocycles. The Bertz CT molecular complexity index is 560. The number of aliphatic hydroxyl groups is 1. The van der Waals surface area contributed by atoms with Gasteiger partial charge < -0.3 is 19.6 Å². The number of benzene rings is 1. The van der Waals surface area contributed by atoms with Crippen LogP contribution in [0.2, 0.25) is 5.02 Å². The van der Waals surface area contributed by atoms with Gasteiger partial charge in [-0.05, 0) is 43.6 Å². The molecule has 132 valence electrons. The third-order valence-electron chi connectivity index (χ3n) is 4.70. The fourth-order valence-corrected chi connectivity index (χ4v) is 3.60. The number of carbonyl (C=O) groups is 1. The Morgan fingerprint density at radius 2 is 1.92 bits per heavy atom. The maximum Gasteiger partial charge on any atom is 0.227 e. The highest BCUT2D eigenvalue weighted by Crippen LogP contribution is 2.19. The lowest BCUT2D eigenvalue weighted by molar-refractivity contribution is -0.133. The topological polar surface area (TPSA) is 53.0 Å². The molecule has 6 heteroatoms. The van der Waals surface area contributed by atoms with Gasteiger partial charge >= 0.3 is 0 Å².